The Bertz CT molecular complexity index is 2210. The predicted octanol–water partition coefficient (Wildman–Crippen LogP) is 7.06. The Balaban J connectivity index is 1.30. The van der Waals surface area contributed by atoms with Crippen LogP contribution < -0.4 is 19.8 Å². The van der Waals surface area contributed by atoms with E-state index in [0.717, 1.165) is 19.7 Å². The quantitative estimate of drug-likeness (QED) is 0.110. The number of carbonyl (C=O) groups is 4. The minimum absolute atomic E-state index is 0.145. The summed E-state index contributed by atoms with van der Waals surface area (Å²) < 4.78 is 11.8. The van der Waals surface area contributed by atoms with Crippen LogP contribution in [0, 0.1) is 40.1 Å². The second-order valence-electron chi connectivity index (χ2n) is 14.3. The number of hydrogen-bond donors (Lipinski definition) is 2. The largest absolute Gasteiger partial charge is 0.502 e. The number of aromatic hydroxyl groups is 1. The van der Waals surface area contributed by atoms with Crippen molar-refractivity contribution < 1.29 is 33.8 Å². The van der Waals surface area contributed by atoms with Gasteiger partial charge in [0.05, 0.1) is 48.8 Å². The van der Waals surface area contributed by atoms with Crippen molar-refractivity contribution in [1.82, 2.24) is 5.01 Å². The number of hydrogen-bond acceptors (Lipinski definition) is 8. The van der Waals surface area contributed by atoms with Gasteiger partial charge in [-0.3, -0.25) is 29.5 Å². The molecule has 2 N–H and O–H groups in total. The van der Waals surface area contributed by atoms with Crippen molar-refractivity contribution >= 4 is 63.7 Å². The highest BCUT2D eigenvalue weighted by Gasteiger charge is 2.69. The number of fused-ring (bicyclic) bond motifs is 4. The number of benzene rings is 4. The molecule has 0 radical (unpaired) electrons. The highest BCUT2D eigenvalue weighted by molar-refractivity contribution is 14.1. The second-order valence-corrected chi connectivity index (χ2v) is 15.5. The third kappa shape index (κ3) is 5.50. The molecule has 0 spiro atoms. The normalized spacial score (nSPS) is 26.1. The molecule has 2 aliphatic carbocycles. The van der Waals surface area contributed by atoms with Crippen molar-refractivity contribution in [2.45, 2.75) is 25.2 Å². The summed E-state index contributed by atoms with van der Waals surface area (Å²) in [6, 6.07) is 27.4. The molecule has 2 saturated heterocycles. The maximum Gasteiger partial charge on any atom is 0.260 e. The molecule has 8 rings (SSSR count). The molecule has 4 aromatic carbocycles. The average Bonchev–Trinajstić information content (AvgIpc) is 3.56. The Kier molecular flexibility index (Phi) is 9.07. The highest BCUT2D eigenvalue weighted by Crippen LogP contribution is 2.61. The number of amides is 4. The zero-order valence-corrected chi connectivity index (χ0v) is 32.0. The van der Waals surface area contributed by atoms with E-state index in [0.29, 0.717) is 28.9 Å². The molecule has 1 saturated carbocycles. The summed E-state index contributed by atoms with van der Waals surface area (Å²) in [4.78, 5) is 59.9. The van der Waals surface area contributed by atoms with E-state index in [1.165, 1.54) is 19.1 Å². The maximum atomic E-state index is 15.3. The molecule has 3 fully saturated rings. The summed E-state index contributed by atoms with van der Waals surface area (Å²) in [5.74, 6) is -4.47. The number of nitrogens with zero attached hydrogens (tertiary/aromatic N) is 2. The summed E-state index contributed by atoms with van der Waals surface area (Å²) >= 11 is 2.19. The monoisotopic (exact) mass is 835 g/mol. The number of rotatable bonds is 8. The zero-order chi connectivity index (χ0) is 37.9. The van der Waals surface area contributed by atoms with Crippen LogP contribution in [0.2, 0.25) is 0 Å². The zero-order valence-electron chi connectivity index (χ0n) is 29.9. The average molecular weight is 836 g/mol. The lowest BCUT2D eigenvalue weighted by Gasteiger charge is -2.49. The smallest absolute Gasteiger partial charge is 0.260 e. The minimum atomic E-state index is -1.39. The summed E-state index contributed by atoms with van der Waals surface area (Å²) in [6.45, 7) is 1.96. The standard InChI is InChI=1S/C43H38IN3O7/c1-24-9-14-28(15-10-24)45-47-40(50)34-23-32-30(18-19-31-37(32)41(51)46(39(31)49)29-16-12-27(44)13-17-29)33(43(34,42(47)52)26-7-5-4-6-8-26)20-11-25-21-35(53-2)38(48)36(22-25)54-3/h4-18,20-22,31-34,37,45,48H,19,23H2,1-3H3/t31-,32+,33-,34-,37-,43-/m0/s1. The molecule has 4 aliphatic rings. The van der Waals surface area contributed by atoms with E-state index in [1.54, 1.807) is 24.3 Å². The molecule has 2 aliphatic heterocycles. The van der Waals surface area contributed by atoms with Crippen LogP contribution in [-0.4, -0.2) is 48.0 Å². The van der Waals surface area contributed by atoms with Crippen molar-refractivity contribution in [1.29, 1.82) is 0 Å². The predicted molar refractivity (Wildman–Crippen MR) is 211 cm³/mol. The van der Waals surface area contributed by atoms with Crippen LogP contribution in [0.1, 0.15) is 29.5 Å². The molecule has 0 bridgehead atoms. The van der Waals surface area contributed by atoms with Gasteiger partial charge < -0.3 is 14.6 Å². The van der Waals surface area contributed by atoms with Crippen LogP contribution in [0.25, 0.3) is 6.08 Å². The van der Waals surface area contributed by atoms with Crippen molar-refractivity contribution in [3.63, 3.8) is 0 Å². The highest BCUT2D eigenvalue weighted by atomic mass is 127. The van der Waals surface area contributed by atoms with Gasteiger partial charge >= 0.3 is 0 Å². The number of methoxy groups -OCH3 is 2. The molecule has 0 aromatic heterocycles. The van der Waals surface area contributed by atoms with E-state index in [2.05, 4.69) is 28.0 Å². The van der Waals surface area contributed by atoms with Crippen molar-refractivity contribution in [3.05, 3.63) is 129 Å². The molecule has 4 amide bonds. The van der Waals surface area contributed by atoms with E-state index in [4.69, 9.17) is 9.47 Å². The second kappa shape index (κ2) is 13.8. The number of hydrazine groups is 1. The van der Waals surface area contributed by atoms with Gasteiger partial charge in [-0.05, 0) is 108 Å². The first kappa shape index (κ1) is 35.6. The van der Waals surface area contributed by atoms with Crippen molar-refractivity contribution in [3.8, 4) is 17.2 Å². The fraction of sp³-hybridized carbons (Fsp3) is 0.256. The number of nitrogens with one attached hydrogen (secondary N) is 1. The van der Waals surface area contributed by atoms with E-state index in [1.807, 2.05) is 91.9 Å². The van der Waals surface area contributed by atoms with Gasteiger partial charge in [0, 0.05) is 9.49 Å². The maximum absolute atomic E-state index is 15.3. The number of aryl methyl sites for hydroxylation is 1. The van der Waals surface area contributed by atoms with Crippen LogP contribution >= 0.6 is 22.6 Å². The Morgan fingerprint density at radius 1 is 0.852 bits per heavy atom. The van der Waals surface area contributed by atoms with Gasteiger partial charge in [0.15, 0.2) is 11.5 Å². The summed E-state index contributed by atoms with van der Waals surface area (Å²) in [6.07, 6.45) is 6.29. The van der Waals surface area contributed by atoms with Crippen LogP contribution in [-0.2, 0) is 24.6 Å². The third-order valence-corrected chi connectivity index (χ3v) is 12.2. The van der Waals surface area contributed by atoms with E-state index in [9.17, 15) is 19.5 Å². The number of anilines is 2. The third-order valence-electron chi connectivity index (χ3n) is 11.5. The fourth-order valence-corrected chi connectivity index (χ4v) is 9.41. The van der Waals surface area contributed by atoms with E-state index >= 15 is 4.79 Å². The fourth-order valence-electron chi connectivity index (χ4n) is 9.06. The Morgan fingerprint density at radius 3 is 2.17 bits per heavy atom. The van der Waals surface area contributed by atoms with Crippen LogP contribution in [0.4, 0.5) is 11.4 Å². The molecule has 6 atom stereocenters. The van der Waals surface area contributed by atoms with Crippen LogP contribution in [0.15, 0.2) is 109 Å². The summed E-state index contributed by atoms with van der Waals surface area (Å²) in [5, 5.41) is 11.8. The molecule has 274 valence electrons. The van der Waals surface area contributed by atoms with Crippen molar-refractivity contribution in [2.24, 2.45) is 29.6 Å². The molecule has 11 heteroatoms. The minimum Gasteiger partial charge on any atom is -0.502 e. The number of phenols is 1. The number of imide groups is 2. The van der Waals surface area contributed by atoms with Crippen LogP contribution in [0.3, 0.4) is 0 Å². The van der Waals surface area contributed by atoms with E-state index in [-0.39, 0.29) is 35.5 Å². The number of carbonyl (C=O) groups excluding carboxylic acids is 4. The van der Waals surface area contributed by atoms with Gasteiger partial charge in [-0.1, -0.05) is 71.8 Å². The van der Waals surface area contributed by atoms with Crippen LogP contribution in [0.5, 0.6) is 17.2 Å². The van der Waals surface area contributed by atoms with Gasteiger partial charge in [0.25, 0.3) is 11.8 Å². The SMILES string of the molecule is COc1cc(C=C[C@H]2C3=CC[C@@H]4C(=O)N(c5ccc(I)cc5)C(=O)[C@@H]4[C@@H]3C[C@H]3C(=O)N(Nc4ccc(C)cc4)C(=O)[C@@]23c2ccccc2)cc(OC)c1O. The topological polar surface area (TPSA) is 125 Å². The first-order valence-corrected chi connectivity index (χ1v) is 18.9. The lowest BCUT2D eigenvalue weighted by atomic mass is 9.50. The Morgan fingerprint density at radius 2 is 1.52 bits per heavy atom. The van der Waals surface area contributed by atoms with Crippen molar-refractivity contribution in [2.75, 3.05) is 24.5 Å². The van der Waals surface area contributed by atoms with Gasteiger partial charge in [-0.2, -0.15) is 5.01 Å². The Labute approximate surface area is 326 Å². The summed E-state index contributed by atoms with van der Waals surface area (Å²) in [5.41, 5.74) is 6.00. The van der Waals surface area contributed by atoms with E-state index < -0.39 is 46.8 Å². The lowest BCUT2D eigenvalue weighted by Crippen LogP contribution is -2.54. The molecule has 2 heterocycles. The molecule has 0 unspecified atom stereocenters. The molecular weight excluding hydrogens is 797 g/mol. The van der Waals surface area contributed by atoms with Gasteiger partial charge in [-0.15, -0.1) is 0 Å². The Hall–Kier alpha value is -5.43. The molecule has 10 nitrogen and oxygen atoms in total. The lowest BCUT2D eigenvalue weighted by molar-refractivity contribution is -0.139. The molecule has 4 aromatic rings. The number of allylic oxidation sites excluding steroid dienone is 3. The first-order valence-electron chi connectivity index (χ1n) is 17.8. The number of halogens is 1. The summed E-state index contributed by atoms with van der Waals surface area (Å²) in [7, 11) is 2.90. The van der Waals surface area contributed by atoms with Gasteiger partial charge in [0.1, 0.15) is 0 Å². The van der Waals surface area contributed by atoms with Gasteiger partial charge in [0.2, 0.25) is 17.6 Å². The number of ether oxygens (including phenoxy) is 2. The van der Waals surface area contributed by atoms with Gasteiger partial charge in [-0.25, -0.2) is 0 Å². The number of phenolic OH excluding ortho intramolecular Hbond substituents is 1. The first-order chi connectivity index (χ1) is 26.1. The molecule has 54 heavy (non-hydrogen) atoms. The molecular formula is C43H38IN3O7.